The molecule has 0 heterocycles. The van der Waals surface area contributed by atoms with Crippen LogP contribution in [0.25, 0.3) is 0 Å². The molecule has 0 aliphatic rings. The minimum absolute atomic E-state index is 0.114. The second-order valence-corrected chi connectivity index (χ2v) is 9.93. The Hall–Kier alpha value is -3.36. The quantitative estimate of drug-likeness (QED) is 0.164. The fraction of sp³-hybridized carbons (Fsp3) is 0.314. The van der Waals surface area contributed by atoms with Crippen LogP contribution in [0, 0.1) is 0 Å². The number of aliphatic hydroxyl groups excluding tert-OH is 2. The van der Waals surface area contributed by atoms with Crippen LogP contribution in [0.5, 0.6) is 0 Å². The molecule has 0 amide bonds. The van der Waals surface area contributed by atoms with Crippen LogP contribution in [0.4, 0.5) is 0 Å². The van der Waals surface area contributed by atoms with E-state index >= 15 is 0 Å². The van der Waals surface area contributed by atoms with E-state index in [0.29, 0.717) is 26.2 Å². The molecule has 216 valence electrons. The number of benzene rings is 4. The van der Waals surface area contributed by atoms with Gasteiger partial charge < -0.3 is 29.2 Å². The Morgan fingerprint density at radius 2 is 0.878 bits per heavy atom. The highest BCUT2D eigenvalue weighted by Crippen LogP contribution is 2.22. The molecule has 4 rings (SSSR count). The third-order valence-corrected chi connectivity index (χ3v) is 6.79. The van der Waals surface area contributed by atoms with Gasteiger partial charge in [-0.3, -0.25) is 0 Å². The number of hydrogen-bond acceptors (Lipinski definition) is 6. The van der Waals surface area contributed by atoms with E-state index in [0.717, 1.165) is 22.3 Å². The van der Waals surface area contributed by atoms with Gasteiger partial charge in [-0.1, -0.05) is 121 Å². The van der Waals surface area contributed by atoms with Gasteiger partial charge >= 0.3 is 0 Å². The summed E-state index contributed by atoms with van der Waals surface area (Å²) in [4.78, 5) is 0. The van der Waals surface area contributed by atoms with Gasteiger partial charge in [-0.05, 0) is 28.7 Å². The highest BCUT2D eigenvalue weighted by Gasteiger charge is 2.36. The van der Waals surface area contributed by atoms with Crippen molar-refractivity contribution in [3.63, 3.8) is 0 Å². The molecule has 0 unspecified atom stereocenters. The van der Waals surface area contributed by atoms with Crippen LogP contribution in [-0.4, -0.2) is 47.8 Å². The van der Waals surface area contributed by atoms with E-state index < -0.39 is 24.4 Å². The number of aliphatic hydroxyl groups is 2. The first-order chi connectivity index (χ1) is 20.2. The molecular formula is C35H40O6. The van der Waals surface area contributed by atoms with Crippen molar-refractivity contribution in [2.45, 2.75) is 57.3 Å². The molecule has 0 fully saturated rings. The topological polar surface area (TPSA) is 77.4 Å². The SMILES string of the molecule is OCC[C@@H](OCc1ccccc1)[C@@H](OCc1ccccc1)[C@H](O)[C@@H](COCc1ccccc1)OCc1ccccc1. The van der Waals surface area contributed by atoms with Crippen LogP contribution in [0.1, 0.15) is 28.7 Å². The molecule has 0 aliphatic carbocycles. The van der Waals surface area contributed by atoms with E-state index in [9.17, 15) is 10.2 Å². The number of rotatable bonds is 18. The second kappa shape index (κ2) is 17.5. The fourth-order valence-electron chi connectivity index (χ4n) is 4.54. The third-order valence-electron chi connectivity index (χ3n) is 6.79. The molecule has 4 atom stereocenters. The van der Waals surface area contributed by atoms with E-state index in [4.69, 9.17) is 18.9 Å². The summed E-state index contributed by atoms with van der Waals surface area (Å²) in [5.41, 5.74) is 3.99. The summed E-state index contributed by atoms with van der Waals surface area (Å²) >= 11 is 0. The van der Waals surface area contributed by atoms with Crippen LogP contribution in [-0.2, 0) is 45.4 Å². The first kappa shape index (κ1) is 30.6. The molecule has 0 saturated carbocycles. The van der Waals surface area contributed by atoms with Crippen molar-refractivity contribution >= 4 is 0 Å². The zero-order valence-corrected chi connectivity index (χ0v) is 23.3. The van der Waals surface area contributed by atoms with Crippen molar-refractivity contribution in [1.29, 1.82) is 0 Å². The Labute approximate surface area is 243 Å². The molecule has 0 aliphatic heterocycles. The first-order valence-electron chi connectivity index (χ1n) is 14.1. The lowest BCUT2D eigenvalue weighted by Crippen LogP contribution is -2.49. The minimum atomic E-state index is -1.09. The Balaban J connectivity index is 1.52. The van der Waals surface area contributed by atoms with Gasteiger partial charge in [0.25, 0.3) is 0 Å². The van der Waals surface area contributed by atoms with Gasteiger partial charge in [0.2, 0.25) is 0 Å². The smallest absolute Gasteiger partial charge is 0.113 e. The Morgan fingerprint density at radius 1 is 0.488 bits per heavy atom. The van der Waals surface area contributed by atoms with Crippen molar-refractivity contribution in [3.05, 3.63) is 144 Å². The van der Waals surface area contributed by atoms with Crippen molar-refractivity contribution in [1.82, 2.24) is 0 Å². The van der Waals surface area contributed by atoms with Gasteiger partial charge in [-0.2, -0.15) is 0 Å². The summed E-state index contributed by atoms with van der Waals surface area (Å²) in [5, 5.41) is 21.8. The van der Waals surface area contributed by atoms with E-state index in [-0.39, 0.29) is 19.8 Å². The highest BCUT2D eigenvalue weighted by atomic mass is 16.6. The summed E-state index contributed by atoms with van der Waals surface area (Å²) in [7, 11) is 0. The maximum atomic E-state index is 11.8. The molecule has 6 nitrogen and oxygen atoms in total. The van der Waals surface area contributed by atoms with Gasteiger partial charge in [0.1, 0.15) is 18.3 Å². The monoisotopic (exact) mass is 556 g/mol. The Morgan fingerprint density at radius 3 is 1.32 bits per heavy atom. The molecule has 6 heteroatoms. The zero-order valence-electron chi connectivity index (χ0n) is 23.3. The molecule has 4 aromatic rings. The van der Waals surface area contributed by atoms with Crippen LogP contribution in [0.2, 0.25) is 0 Å². The van der Waals surface area contributed by atoms with Crippen molar-refractivity contribution in [2.75, 3.05) is 13.2 Å². The molecule has 0 aromatic heterocycles. The lowest BCUT2D eigenvalue weighted by molar-refractivity contribution is -0.182. The number of ether oxygens (including phenoxy) is 4. The van der Waals surface area contributed by atoms with E-state index in [1.807, 2.05) is 121 Å². The van der Waals surface area contributed by atoms with Crippen molar-refractivity contribution in [3.8, 4) is 0 Å². The molecule has 0 radical (unpaired) electrons. The third kappa shape index (κ3) is 10.5. The molecule has 0 saturated heterocycles. The van der Waals surface area contributed by atoms with Crippen molar-refractivity contribution in [2.24, 2.45) is 0 Å². The molecular weight excluding hydrogens is 516 g/mol. The predicted octanol–water partition coefficient (Wildman–Crippen LogP) is 5.70. The van der Waals surface area contributed by atoms with Crippen LogP contribution in [0.3, 0.4) is 0 Å². The second-order valence-electron chi connectivity index (χ2n) is 9.93. The summed E-state index contributed by atoms with van der Waals surface area (Å²) in [5.74, 6) is 0. The average Bonchev–Trinajstić information content (AvgIpc) is 3.03. The molecule has 2 N–H and O–H groups in total. The maximum absolute atomic E-state index is 11.8. The fourth-order valence-corrected chi connectivity index (χ4v) is 4.54. The van der Waals surface area contributed by atoms with Gasteiger partial charge in [-0.25, -0.2) is 0 Å². The minimum Gasteiger partial charge on any atom is -0.396 e. The average molecular weight is 557 g/mol. The molecule has 0 spiro atoms. The molecule has 0 bridgehead atoms. The van der Waals surface area contributed by atoms with Crippen LogP contribution < -0.4 is 0 Å². The van der Waals surface area contributed by atoms with Crippen molar-refractivity contribution < 1.29 is 29.2 Å². The van der Waals surface area contributed by atoms with E-state index in [2.05, 4.69) is 0 Å². The molecule has 4 aromatic carbocycles. The van der Waals surface area contributed by atoms with Gasteiger partial charge in [0.15, 0.2) is 0 Å². The summed E-state index contributed by atoms with van der Waals surface area (Å²) < 4.78 is 25.0. The normalized spacial score (nSPS) is 14.3. The summed E-state index contributed by atoms with van der Waals surface area (Å²) in [6, 6.07) is 39.3. The lowest BCUT2D eigenvalue weighted by atomic mass is 10.00. The van der Waals surface area contributed by atoms with Gasteiger partial charge in [-0.15, -0.1) is 0 Å². The summed E-state index contributed by atoms with van der Waals surface area (Å²) in [6.07, 6.45) is -2.88. The van der Waals surface area contributed by atoms with Gasteiger partial charge in [0, 0.05) is 6.61 Å². The Bertz CT molecular complexity index is 1210. The number of hydrogen-bond donors (Lipinski definition) is 2. The predicted molar refractivity (Wildman–Crippen MR) is 159 cm³/mol. The molecule has 41 heavy (non-hydrogen) atoms. The maximum Gasteiger partial charge on any atom is 0.113 e. The largest absolute Gasteiger partial charge is 0.396 e. The zero-order chi connectivity index (χ0) is 28.5. The van der Waals surface area contributed by atoms with Gasteiger partial charge in [0.05, 0.1) is 39.1 Å². The first-order valence-corrected chi connectivity index (χ1v) is 14.1. The van der Waals surface area contributed by atoms with Crippen LogP contribution >= 0.6 is 0 Å². The lowest BCUT2D eigenvalue weighted by Gasteiger charge is -2.35. The highest BCUT2D eigenvalue weighted by molar-refractivity contribution is 5.16. The van der Waals surface area contributed by atoms with Crippen LogP contribution in [0.15, 0.2) is 121 Å². The van der Waals surface area contributed by atoms with E-state index in [1.165, 1.54) is 0 Å². The van der Waals surface area contributed by atoms with E-state index in [1.54, 1.807) is 0 Å². The Kier molecular flexibility index (Phi) is 13.0. The standard InChI is InChI=1S/C35H40O6/c36-22-21-32(39-24-29-15-7-2-8-16-29)35(41-26-31-19-11-4-12-20-31)34(37)33(40-25-30-17-9-3-10-18-30)27-38-23-28-13-5-1-6-14-28/h1-20,32-37H,21-27H2/t32-,33-,34-,35-/m1/s1. The summed E-state index contributed by atoms with van der Waals surface area (Å²) in [6.45, 7) is 1.33.